The molecular weight excluding hydrogens is 164 g/mol. The Morgan fingerprint density at radius 2 is 2.38 bits per heavy atom. The highest BCUT2D eigenvalue weighted by Crippen LogP contribution is 2.13. The van der Waals surface area contributed by atoms with E-state index in [-0.39, 0.29) is 5.78 Å². The van der Waals surface area contributed by atoms with E-state index in [4.69, 9.17) is 0 Å². The number of fused-ring (bicyclic) bond motifs is 1. The van der Waals surface area contributed by atoms with Crippen molar-refractivity contribution >= 4 is 16.7 Å². The van der Waals surface area contributed by atoms with Crippen LogP contribution in [0.2, 0.25) is 0 Å². The van der Waals surface area contributed by atoms with E-state index in [1.165, 1.54) is 0 Å². The zero-order valence-corrected chi connectivity index (χ0v) is 7.40. The number of pyridine rings is 1. The number of hydrogen-bond acceptors (Lipinski definition) is 2. The Hall–Kier alpha value is -1.64. The van der Waals surface area contributed by atoms with Gasteiger partial charge >= 0.3 is 0 Å². The first kappa shape index (κ1) is 7.98. The molecule has 13 heavy (non-hydrogen) atoms. The van der Waals surface area contributed by atoms with Gasteiger partial charge in [-0.15, -0.1) is 0 Å². The minimum absolute atomic E-state index is 0.154. The summed E-state index contributed by atoms with van der Waals surface area (Å²) in [6.45, 7) is 2.01. The van der Waals surface area contributed by atoms with Crippen LogP contribution in [0.4, 0.5) is 0 Å². The maximum Gasteiger partial charge on any atom is 0.149 e. The van der Waals surface area contributed by atoms with Crippen LogP contribution in [0, 0.1) is 0 Å². The summed E-state index contributed by atoms with van der Waals surface area (Å²) in [5.74, 6) is 0.154. The minimum atomic E-state index is 0.154. The molecule has 0 radical (unpaired) electrons. The molecule has 0 saturated carbocycles. The van der Waals surface area contributed by atoms with Gasteiger partial charge in [-0.25, -0.2) is 0 Å². The van der Waals surface area contributed by atoms with E-state index in [0.717, 1.165) is 10.9 Å². The molecule has 0 amide bonds. The first-order valence-electron chi connectivity index (χ1n) is 4.15. The van der Waals surface area contributed by atoms with E-state index in [2.05, 4.69) is 4.98 Å². The molecule has 2 aromatic rings. The van der Waals surface area contributed by atoms with Gasteiger partial charge < -0.3 is 4.57 Å². The fraction of sp³-hybridized carbons (Fsp3) is 0.200. The second-order valence-electron chi connectivity index (χ2n) is 3.08. The van der Waals surface area contributed by atoms with E-state index in [0.29, 0.717) is 6.54 Å². The molecule has 2 heterocycles. The van der Waals surface area contributed by atoms with Crippen molar-refractivity contribution in [2.45, 2.75) is 13.5 Å². The summed E-state index contributed by atoms with van der Waals surface area (Å²) in [6, 6.07) is 3.92. The number of carbonyl (C=O) groups is 1. The Labute approximate surface area is 76.0 Å². The van der Waals surface area contributed by atoms with Crippen molar-refractivity contribution in [1.82, 2.24) is 9.55 Å². The van der Waals surface area contributed by atoms with Crippen LogP contribution in [-0.4, -0.2) is 15.3 Å². The molecule has 0 aliphatic carbocycles. The summed E-state index contributed by atoms with van der Waals surface area (Å²) in [5.41, 5.74) is 1.01. The smallest absolute Gasteiger partial charge is 0.149 e. The fourth-order valence-corrected chi connectivity index (χ4v) is 1.41. The highest BCUT2D eigenvalue weighted by Gasteiger charge is 2.01. The molecule has 0 atom stereocenters. The quantitative estimate of drug-likeness (QED) is 0.693. The van der Waals surface area contributed by atoms with Crippen molar-refractivity contribution in [3.63, 3.8) is 0 Å². The summed E-state index contributed by atoms with van der Waals surface area (Å²) in [4.78, 5) is 14.9. The molecule has 0 aromatic carbocycles. The Bertz CT molecular complexity index is 445. The molecule has 0 saturated heterocycles. The number of hydrogen-bond donors (Lipinski definition) is 0. The highest BCUT2D eigenvalue weighted by atomic mass is 16.1. The van der Waals surface area contributed by atoms with Gasteiger partial charge in [-0.3, -0.25) is 9.78 Å². The standard InChI is InChI=1S/C10H10N2O/c1-8(13)7-12-5-3-9-2-4-11-6-10(9)12/h2-6H,7H2,1H3. The van der Waals surface area contributed by atoms with Crippen LogP contribution in [0.5, 0.6) is 0 Å². The number of carbonyl (C=O) groups excluding carboxylic acids is 1. The normalized spacial score (nSPS) is 10.5. The van der Waals surface area contributed by atoms with E-state index < -0.39 is 0 Å². The van der Waals surface area contributed by atoms with Gasteiger partial charge in [-0.1, -0.05) is 0 Å². The van der Waals surface area contributed by atoms with Crippen molar-refractivity contribution in [3.8, 4) is 0 Å². The highest BCUT2D eigenvalue weighted by molar-refractivity contribution is 5.82. The SMILES string of the molecule is CC(=O)Cn1ccc2ccncc21. The summed E-state index contributed by atoms with van der Waals surface area (Å²) in [5, 5.41) is 1.12. The lowest BCUT2D eigenvalue weighted by Crippen LogP contribution is -2.04. The van der Waals surface area contributed by atoms with Gasteiger partial charge in [-0.05, 0) is 19.1 Å². The Balaban J connectivity index is 2.51. The van der Waals surface area contributed by atoms with E-state index >= 15 is 0 Å². The fourth-order valence-electron chi connectivity index (χ4n) is 1.41. The summed E-state index contributed by atoms with van der Waals surface area (Å²) >= 11 is 0. The number of nitrogens with zero attached hydrogens (tertiary/aromatic N) is 2. The molecule has 0 aliphatic rings. The van der Waals surface area contributed by atoms with Crippen molar-refractivity contribution in [2.24, 2.45) is 0 Å². The molecule has 0 unspecified atom stereocenters. The van der Waals surface area contributed by atoms with Gasteiger partial charge in [0, 0.05) is 17.8 Å². The third kappa shape index (κ3) is 1.45. The van der Waals surface area contributed by atoms with Crippen molar-refractivity contribution < 1.29 is 4.79 Å². The average molecular weight is 174 g/mol. The lowest BCUT2D eigenvalue weighted by molar-refractivity contribution is -0.117. The summed E-state index contributed by atoms with van der Waals surface area (Å²) in [6.07, 6.45) is 5.44. The Kier molecular flexibility index (Phi) is 1.85. The van der Waals surface area contributed by atoms with Gasteiger partial charge in [0.15, 0.2) is 0 Å². The minimum Gasteiger partial charge on any atom is -0.339 e. The van der Waals surface area contributed by atoms with Crippen LogP contribution in [0.15, 0.2) is 30.7 Å². The molecule has 66 valence electrons. The van der Waals surface area contributed by atoms with E-state index in [1.807, 2.05) is 22.9 Å². The van der Waals surface area contributed by atoms with E-state index in [9.17, 15) is 4.79 Å². The molecule has 3 heteroatoms. The van der Waals surface area contributed by atoms with Gasteiger partial charge in [0.25, 0.3) is 0 Å². The molecule has 0 N–H and O–H groups in total. The molecular formula is C10H10N2O. The van der Waals surface area contributed by atoms with Crippen LogP contribution in [0.1, 0.15) is 6.92 Å². The topological polar surface area (TPSA) is 34.9 Å². The van der Waals surface area contributed by atoms with Crippen molar-refractivity contribution in [1.29, 1.82) is 0 Å². The Morgan fingerprint density at radius 3 is 3.15 bits per heavy atom. The number of rotatable bonds is 2. The van der Waals surface area contributed by atoms with Gasteiger partial charge in [0.2, 0.25) is 0 Å². The summed E-state index contributed by atoms with van der Waals surface area (Å²) < 4.78 is 1.91. The largest absolute Gasteiger partial charge is 0.339 e. The van der Waals surface area contributed by atoms with Crippen molar-refractivity contribution in [3.05, 3.63) is 30.7 Å². The molecule has 2 aromatic heterocycles. The Morgan fingerprint density at radius 1 is 1.54 bits per heavy atom. The second kappa shape index (κ2) is 3.01. The number of aromatic nitrogens is 2. The van der Waals surface area contributed by atoms with Crippen LogP contribution >= 0.6 is 0 Å². The number of Topliss-reactive ketones (excluding diaryl/α,β-unsaturated/α-hetero) is 1. The van der Waals surface area contributed by atoms with Gasteiger partial charge in [-0.2, -0.15) is 0 Å². The van der Waals surface area contributed by atoms with Crippen LogP contribution in [0.25, 0.3) is 10.9 Å². The van der Waals surface area contributed by atoms with Crippen molar-refractivity contribution in [2.75, 3.05) is 0 Å². The van der Waals surface area contributed by atoms with E-state index in [1.54, 1.807) is 19.3 Å². The van der Waals surface area contributed by atoms with Crippen LogP contribution in [-0.2, 0) is 11.3 Å². The number of ketones is 1. The summed E-state index contributed by atoms with van der Waals surface area (Å²) in [7, 11) is 0. The predicted octanol–water partition coefficient (Wildman–Crippen LogP) is 1.63. The first-order chi connectivity index (χ1) is 6.27. The molecule has 0 spiro atoms. The zero-order chi connectivity index (χ0) is 9.26. The molecule has 3 nitrogen and oxygen atoms in total. The molecule has 0 bridgehead atoms. The third-order valence-electron chi connectivity index (χ3n) is 1.97. The molecule has 2 rings (SSSR count). The average Bonchev–Trinajstić information content (AvgIpc) is 2.48. The lowest BCUT2D eigenvalue weighted by atomic mass is 10.3. The monoisotopic (exact) mass is 174 g/mol. The molecule has 0 aliphatic heterocycles. The third-order valence-corrected chi connectivity index (χ3v) is 1.97. The lowest BCUT2D eigenvalue weighted by Gasteiger charge is -2.00. The molecule has 0 fully saturated rings. The van der Waals surface area contributed by atoms with Gasteiger partial charge in [0.05, 0.1) is 18.3 Å². The predicted molar refractivity (Wildman–Crippen MR) is 50.4 cm³/mol. The maximum atomic E-state index is 10.9. The maximum absolute atomic E-state index is 10.9. The second-order valence-corrected chi connectivity index (χ2v) is 3.08. The first-order valence-corrected chi connectivity index (χ1v) is 4.15. The van der Waals surface area contributed by atoms with Crippen LogP contribution in [0.3, 0.4) is 0 Å². The zero-order valence-electron chi connectivity index (χ0n) is 7.40. The van der Waals surface area contributed by atoms with Crippen LogP contribution < -0.4 is 0 Å². The van der Waals surface area contributed by atoms with Gasteiger partial charge in [0.1, 0.15) is 5.78 Å².